The van der Waals surface area contributed by atoms with Crippen molar-refractivity contribution >= 4 is 0 Å². The molecule has 0 heteroatoms. The summed E-state index contributed by atoms with van der Waals surface area (Å²) in [6.07, 6.45) is 39.2. The molecule has 0 aliphatic carbocycles. The summed E-state index contributed by atoms with van der Waals surface area (Å²) in [5.74, 6) is 0. The third-order valence-electron chi connectivity index (χ3n) is 2.80. The van der Waals surface area contributed by atoms with Crippen LogP contribution >= 0.6 is 0 Å². The minimum Gasteiger partial charge on any atom is -0.0991 e. The Morgan fingerprint density at radius 2 is 0.913 bits per heavy atom. The average Bonchev–Trinajstić information content (AvgIpc) is 2.57. The van der Waals surface area contributed by atoms with Crippen LogP contribution in [-0.2, 0) is 0 Å². The molecule has 0 heterocycles. The largest absolute Gasteiger partial charge is 0.0991 e. The lowest BCUT2D eigenvalue weighted by atomic mass is 10.2. The van der Waals surface area contributed by atoms with Gasteiger partial charge in [0.05, 0.1) is 0 Å². The quantitative estimate of drug-likeness (QED) is 0.264. The van der Waals surface area contributed by atoms with Crippen molar-refractivity contribution in [2.75, 3.05) is 0 Å². The molecule has 0 aliphatic heterocycles. The topological polar surface area (TPSA) is 0 Å². The lowest BCUT2D eigenvalue weighted by Gasteiger charge is -1.89. The van der Waals surface area contributed by atoms with Gasteiger partial charge in [-0.2, -0.15) is 0 Å². The Hall–Kier alpha value is -2.34. The molecule has 0 N–H and O–H groups in total. The molecule has 0 bridgehead atoms. The summed E-state index contributed by atoms with van der Waals surface area (Å²) < 4.78 is 0. The second kappa shape index (κ2) is 19.7. The standard InChI is InChI=1S/C23H30/c1-3-5-7-9-11-13-15-17-19-21-23-22-20-18-16-14-12-10-8-6-4-2/h3,5,7,9,11-23H,1,4,6,8,10H2,2H3. The van der Waals surface area contributed by atoms with Gasteiger partial charge in [-0.15, -0.1) is 0 Å². The first-order valence-corrected chi connectivity index (χ1v) is 8.36. The smallest absolute Gasteiger partial charge is 0.0348 e. The summed E-state index contributed by atoms with van der Waals surface area (Å²) >= 11 is 0. The number of hydrogen-bond acceptors (Lipinski definition) is 0. The van der Waals surface area contributed by atoms with Gasteiger partial charge in [-0.3, -0.25) is 0 Å². The van der Waals surface area contributed by atoms with Crippen LogP contribution in [0.25, 0.3) is 0 Å². The summed E-state index contributed by atoms with van der Waals surface area (Å²) in [4.78, 5) is 0. The van der Waals surface area contributed by atoms with Crippen molar-refractivity contribution in [1.29, 1.82) is 0 Å². The Morgan fingerprint density at radius 1 is 0.522 bits per heavy atom. The predicted molar refractivity (Wildman–Crippen MR) is 107 cm³/mol. The van der Waals surface area contributed by atoms with Crippen LogP contribution in [0, 0.1) is 0 Å². The van der Waals surface area contributed by atoms with Gasteiger partial charge in [-0.25, -0.2) is 0 Å². The van der Waals surface area contributed by atoms with E-state index in [0.717, 1.165) is 0 Å². The zero-order valence-electron chi connectivity index (χ0n) is 14.4. The van der Waals surface area contributed by atoms with Crippen LogP contribution in [0.3, 0.4) is 0 Å². The predicted octanol–water partition coefficient (Wildman–Crippen LogP) is 7.20. The highest BCUT2D eigenvalue weighted by Gasteiger charge is 1.79. The first-order valence-electron chi connectivity index (χ1n) is 8.36. The molecular weight excluding hydrogens is 276 g/mol. The third-order valence-corrected chi connectivity index (χ3v) is 2.80. The van der Waals surface area contributed by atoms with E-state index in [-0.39, 0.29) is 0 Å². The molecule has 0 radical (unpaired) electrons. The Labute approximate surface area is 143 Å². The van der Waals surface area contributed by atoms with Crippen molar-refractivity contribution in [3.8, 4) is 0 Å². The molecule has 0 amide bonds. The van der Waals surface area contributed by atoms with E-state index < -0.39 is 0 Å². The Bertz CT molecular complexity index is 488. The Kier molecular flexibility index (Phi) is 17.7. The SMILES string of the molecule is C=CC=CC=CC=CC=CC=CC=CC=CC=CCCCCC. The van der Waals surface area contributed by atoms with Crippen LogP contribution in [0.1, 0.15) is 32.6 Å². The van der Waals surface area contributed by atoms with E-state index in [1.807, 2.05) is 79.0 Å². The Balaban J connectivity index is 3.77. The summed E-state index contributed by atoms with van der Waals surface area (Å²) in [6.45, 7) is 5.84. The van der Waals surface area contributed by atoms with Gasteiger partial charge in [-0.05, 0) is 12.8 Å². The maximum Gasteiger partial charge on any atom is -0.0348 e. The van der Waals surface area contributed by atoms with Gasteiger partial charge in [0.25, 0.3) is 0 Å². The fourth-order valence-electron chi connectivity index (χ4n) is 1.60. The molecule has 0 fully saturated rings. The van der Waals surface area contributed by atoms with Crippen molar-refractivity contribution in [3.05, 3.63) is 110 Å². The molecule has 122 valence electrons. The highest BCUT2D eigenvalue weighted by atomic mass is 13.9. The molecule has 0 saturated heterocycles. The van der Waals surface area contributed by atoms with Gasteiger partial charge in [-0.1, -0.05) is 130 Å². The van der Waals surface area contributed by atoms with Crippen molar-refractivity contribution in [1.82, 2.24) is 0 Å². The van der Waals surface area contributed by atoms with Gasteiger partial charge in [0.1, 0.15) is 0 Å². The zero-order valence-corrected chi connectivity index (χ0v) is 14.4. The van der Waals surface area contributed by atoms with Crippen LogP contribution in [0.15, 0.2) is 110 Å². The van der Waals surface area contributed by atoms with Gasteiger partial charge in [0.15, 0.2) is 0 Å². The van der Waals surface area contributed by atoms with E-state index in [0.29, 0.717) is 0 Å². The monoisotopic (exact) mass is 306 g/mol. The number of rotatable bonds is 12. The third kappa shape index (κ3) is 19.7. The fraction of sp³-hybridized carbons (Fsp3) is 0.217. The minimum absolute atomic E-state index is 1.18. The van der Waals surface area contributed by atoms with Crippen LogP contribution in [-0.4, -0.2) is 0 Å². The van der Waals surface area contributed by atoms with Crippen molar-refractivity contribution in [3.63, 3.8) is 0 Å². The van der Waals surface area contributed by atoms with Crippen LogP contribution in [0.4, 0.5) is 0 Å². The number of unbranched alkanes of at least 4 members (excludes halogenated alkanes) is 3. The summed E-state index contributed by atoms with van der Waals surface area (Å²) in [5.41, 5.74) is 0. The zero-order chi connectivity index (χ0) is 16.8. The second-order valence-electron chi connectivity index (χ2n) is 4.85. The maximum atomic E-state index is 3.61. The van der Waals surface area contributed by atoms with Crippen LogP contribution in [0.5, 0.6) is 0 Å². The minimum atomic E-state index is 1.18. The number of hydrogen-bond donors (Lipinski definition) is 0. The molecule has 0 aromatic heterocycles. The molecule has 0 nitrogen and oxygen atoms in total. The highest BCUT2D eigenvalue weighted by Crippen LogP contribution is 1.99. The first-order chi connectivity index (χ1) is 11.4. The summed E-state index contributed by atoms with van der Waals surface area (Å²) in [6, 6.07) is 0. The number of allylic oxidation sites excluding steroid dienone is 17. The van der Waals surface area contributed by atoms with E-state index in [9.17, 15) is 0 Å². The molecule has 0 spiro atoms. The van der Waals surface area contributed by atoms with Crippen molar-refractivity contribution in [2.45, 2.75) is 32.6 Å². The maximum absolute atomic E-state index is 3.61. The Morgan fingerprint density at radius 3 is 1.30 bits per heavy atom. The first kappa shape index (κ1) is 20.7. The van der Waals surface area contributed by atoms with Gasteiger partial charge in [0, 0.05) is 0 Å². The van der Waals surface area contributed by atoms with E-state index in [2.05, 4.69) is 31.7 Å². The molecule has 0 rings (SSSR count). The molecule has 0 aromatic rings. The lowest BCUT2D eigenvalue weighted by molar-refractivity contribution is 0.729. The van der Waals surface area contributed by atoms with E-state index >= 15 is 0 Å². The van der Waals surface area contributed by atoms with Crippen molar-refractivity contribution < 1.29 is 0 Å². The molecule has 0 atom stereocenters. The van der Waals surface area contributed by atoms with E-state index in [1.165, 1.54) is 25.7 Å². The molecule has 0 unspecified atom stereocenters. The van der Waals surface area contributed by atoms with Gasteiger partial charge in [0.2, 0.25) is 0 Å². The van der Waals surface area contributed by atoms with Gasteiger partial charge >= 0.3 is 0 Å². The van der Waals surface area contributed by atoms with Crippen LogP contribution in [0.2, 0.25) is 0 Å². The molecule has 23 heavy (non-hydrogen) atoms. The highest BCUT2D eigenvalue weighted by molar-refractivity contribution is 5.21. The normalized spacial score (nSPS) is 13.8. The second-order valence-corrected chi connectivity index (χ2v) is 4.85. The molecule has 0 aromatic carbocycles. The molecular formula is C23H30. The van der Waals surface area contributed by atoms with Crippen LogP contribution < -0.4 is 0 Å². The van der Waals surface area contributed by atoms with E-state index in [1.54, 1.807) is 6.08 Å². The van der Waals surface area contributed by atoms with Crippen molar-refractivity contribution in [2.24, 2.45) is 0 Å². The summed E-state index contributed by atoms with van der Waals surface area (Å²) in [7, 11) is 0. The molecule has 0 aliphatic rings. The van der Waals surface area contributed by atoms with E-state index in [4.69, 9.17) is 0 Å². The average molecular weight is 306 g/mol. The lowest BCUT2D eigenvalue weighted by Crippen LogP contribution is -1.69. The molecule has 0 saturated carbocycles. The summed E-state index contributed by atoms with van der Waals surface area (Å²) in [5, 5.41) is 0. The fourth-order valence-corrected chi connectivity index (χ4v) is 1.60. The van der Waals surface area contributed by atoms with Gasteiger partial charge < -0.3 is 0 Å².